The van der Waals surface area contributed by atoms with Crippen LogP contribution in [0.2, 0.25) is 0 Å². The van der Waals surface area contributed by atoms with E-state index in [1.807, 2.05) is 20.8 Å². The summed E-state index contributed by atoms with van der Waals surface area (Å²) in [5, 5.41) is 9.57. The van der Waals surface area contributed by atoms with Crippen molar-refractivity contribution in [2.75, 3.05) is 0 Å². The van der Waals surface area contributed by atoms with Crippen LogP contribution in [0, 0.1) is 23.2 Å². The Morgan fingerprint density at radius 1 is 1.37 bits per heavy atom. The Morgan fingerprint density at radius 3 is 2.47 bits per heavy atom. The molecule has 0 amide bonds. The molecule has 0 spiro atoms. The van der Waals surface area contributed by atoms with Crippen molar-refractivity contribution >= 4 is 0 Å². The lowest BCUT2D eigenvalue weighted by atomic mass is 9.68. The number of alkyl halides is 3. The zero-order valence-corrected chi connectivity index (χ0v) is 11.2. The van der Waals surface area contributed by atoms with Crippen LogP contribution in [0.25, 0.3) is 0 Å². The molecule has 1 aromatic carbocycles. The fourth-order valence-corrected chi connectivity index (χ4v) is 3.25. The van der Waals surface area contributed by atoms with Crippen molar-refractivity contribution in [3.05, 3.63) is 34.9 Å². The summed E-state index contributed by atoms with van der Waals surface area (Å²) in [5.74, 6) is 0.0215. The number of hydrogen-bond acceptors (Lipinski definition) is 1. The Balaban J connectivity index is 2.65. The maximum Gasteiger partial charge on any atom is 0.416 e. The van der Waals surface area contributed by atoms with Gasteiger partial charge in [-0.25, -0.2) is 0 Å². The van der Waals surface area contributed by atoms with Gasteiger partial charge in [0, 0.05) is 0 Å². The molecular weight excluding hydrogens is 251 g/mol. The van der Waals surface area contributed by atoms with E-state index in [1.54, 1.807) is 0 Å². The first-order chi connectivity index (χ1) is 8.73. The third-order valence-corrected chi connectivity index (χ3v) is 4.28. The molecule has 1 aromatic rings. The van der Waals surface area contributed by atoms with Crippen molar-refractivity contribution in [3.63, 3.8) is 0 Å². The number of benzene rings is 1. The van der Waals surface area contributed by atoms with Crippen LogP contribution in [0.5, 0.6) is 0 Å². The minimum absolute atomic E-state index is 0.0165. The molecule has 0 unspecified atom stereocenters. The van der Waals surface area contributed by atoms with E-state index in [1.165, 1.54) is 12.1 Å². The lowest BCUT2D eigenvalue weighted by molar-refractivity contribution is -0.137. The Hall–Kier alpha value is -1.50. The summed E-state index contributed by atoms with van der Waals surface area (Å²) in [7, 11) is 0. The SMILES string of the molecule is CC(C)[C@]1(C#N)c2cc(C(F)(F)F)ccc2C[C@H]1C. The molecule has 0 bridgehead atoms. The highest BCUT2D eigenvalue weighted by atomic mass is 19.4. The van der Waals surface area contributed by atoms with E-state index >= 15 is 0 Å². The molecule has 1 aliphatic carbocycles. The highest BCUT2D eigenvalue weighted by molar-refractivity contribution is 5.48. The normalized spacial score (nSPS) is 26.3. The van der Waals surface area contributed by atoms with Crippen LogP contribution < -0.4 is 0 Å². The molecule has 0 aromatic heterocycles. The Morgan fingerprint density at radius 2 is 2.00 bits per heavy atom. The summed E-state index contributed by atoms with van der Waals surface area (Å²) in [5.41, 5.74) is -0.0416. The molecule has 2 rings (SSSR count). The lowest BCUT2D eigenvalue weighted by Crippen LogP contribution is -2.34. The molecule has 0 aliphatic heterocycles. The van der Waals surface area contributed by atoms with Gasteiger partial charge in [-0.2, -0.15) is 18.4 Å². The average Bonchev–Trinajstić information content (AvgIpc) is 2.59. The summed E-state index contributed by atoms with van der Waals surface area (Å²) >= 11 is 0. The van der Waals surface area contributed by atoms with Crippen LogP contribution in [0.1, 0.15) is 37.5 Å². The number of nitriles is 1. The fourth-order valence-electron chi connectivity index (χ4n) is 3.25. The van der Waals surface area contributed by atoms with Crippen molar-refractivity contribution in [3.8, 4) is 6.07 Å². The molecule has 2 atom stereocenters. The average molecular weight is 267 g/mol. The molecular formula is C15H16F3N. The van der Waals surface area contributed by atoms with Crippen molar-refractivity contribution < 1.29 is 13.2 Å². The molecule has 0 fully saturated rings. The van der Waals surface area contributed by atoms with E-state index in [0.29, 0.717) is 12.0 Å². The van der Waals surface area contributed by atoms with Gasteiger partial charge in [-0.15, -0.1) is 0 Å². The van der Waals surface area contributed by atoms with Gasteiger partial charge >= 0.3 is 6.18 Å². The van der Waals surface area contributed by atoms with E-state index in [0.717, 1.165) is 11.6 Å². The highest BCUT2D eigenvalue weighted by Gasteiger charge is 2.48. The van der Waals surface area contributed by atoms with Crippen LogP contribution in [0.15, 0.2) is 18.2 Å². The number of rotatable bonds is 1. The van der Waals surface area contributed by atoms with Gasteiger partial charge < -0.3 is 0 Å². The summed E-state index contributed by atoms with van der Waals surface area (Å²) < 4.78 is 38.5. The van der Waals surface area contributed by atoms with Gasteiger partial charge in [0.25, 0.3) is 0 Å². The molecule has 0 heterocycles. The van der Waals surface area contributed by atoms with Crippen LogP contribution in [0.4, 0.5) is 13.2 Å². The van der Waals surface area contributed by atoms with E-state index in [-0.39, 0.29) is 11.8 Å². The van der Waals surface area contributed by atoms with Gasteiger partial charge in [0.2, 0.25) is 0 Å². The van der Waals surface area contributed by atoms with Gasteiger partial charge in [0.15, 0.2) is 0 Å². The minimum Gasteiger partial charge on any atom is -0.197 e. The van der Waals surface area contributed by atoms with E-state index in [2.05, 4.69) is 6.07 Å². The van der Waals surface area contributed by atoms with Gasteiger partial charge in [-0.1, -0.05) is 26.8 Å². The van der Waals surface area contributed by atoms with Gasteiger partial charge in [0.05, 0.1) is 17.0 Å². The standard InChI is InChI=1S/C15H16F3N/c1-9(2)14(8-19)10(3)6-11-4-5-12(7-13(11)14)15(16,17)18/h4-5,7,9-10H,6H2,1-3H3/t10-,14+/m1/s1. The Bertz CT molecular complexity index is 539. The molecule has 1 nitrogen and oxygen atoms in total. The first-order valence-corrected chi connectivity index (χ1v) is 6.35. The maximum atomic E-state index is 12.8. The summed E-state index contributed by atoms with van der Waals surface area (Å²) in [6.45, 7) is 5.74. The Kier molecular flexibility index (Phi) is 3.12. The second kappa shape index (κ2) is 4.26. The molecule has 102 valence electrons. The minimum atomic E-state index is -4.36. The molecule has 1 aliphatic rings. The second-order valence-corrected chi connectivity index (χ2v) is 5.61. The number of halogens is 3. The number of hydrogen-bond donors (Lipinski definition) is 0. The van der Waals surface area contributed by atoms with Gasteiger partial charge in [-0.3, -0.25) is 0 Å². The fraction of sp³-hybridized carbons (Fsp3) is 0.533. The Labute approximate surface area is 111 Å². The van der Waals surface area contributed by atoms with Crippen molar-refractivity contribution in [2.45, 2.75) is 38.8 Å². The van der Waals surface area contributed by atoms with E-state index < -0.39 is 17.2 Å². The summed E-state index contributed by atoms with van der Waals surface area (Å²) in [4.78, 5) is 0. The molecule has 19 heavy (non-hydrogen) atoms. The smallest absolute Gasteiger partial charge is 0.197 e. The van der Waals surface area contributed by atoms with Gasteiger partial charge in [-0.05, 0) is 41.5 Å². The lowest BCUT2D eigenvalue weighted by Gasteiger charge is -2.32. The van der Waals surface area contributed by atoms with Crippen LogP contribution in [0.3, 0.4) is 0 Å². The largest absolute Gasteiger partial charge is 0.416 e. The maximum absolute atomic E-state index is 12.8. The molecule has 0 saturated carbocycles. The van der Waals surface area contributed by atoms with E-state index in [4.69, 9.17) is 0 Å². The predicted octanol–water partition coefficient (Wildman–Crippen LogP) is 4.31. The summed E-state index contributed by atoms with van der Waals surface area (Å²) in [6.07, 6.45) is -3.70. The van der Waals surface area contributed by atoms with Crippen LogP contribution >= 0.6 is 0 Å². The van der Waals surface area contributed by atoms with Crippen LogP contribution in [-0.2, 0) is 18.0 Å². The second-order valence-electron chi connectivity index (χ2n) is 5.61. The zero-order valence-electron chi connectivity index (χ0n) is 11.2. The third kappa shape index (κ3) is 1.92. The quantitative estimate of drug-likeness (QED) is 0.743. The summed E-state index contributed by atoms with van der Waals surface area (Å²) in [6, 6.07) is 6.10. The zero-order chi connectivity index (χ0) is 14.4. The number of nitrogens with zero attached hydrogens (tertiary/aromatic N) is 1. The van der Waals surface area contributed by atoms with E-state index in [9.17, 15) is 18.4 Å². The van der Waals surface area contributed by atoms with Gasteiger partial charge in [0.1, 0.15) is 0 Å². The first-order valence-electron chi connectivity index (χ1n) is 6.35. The van der Waals surface area contributed by atoms with Crippen LogP contribution in [-0.4, -0.2) is 0 Å². The van der Waals surface area contributed by atoms with Crippen molar-refractivity contribution in [1.29, 1.82) is 5.26 Å². The van der Waals surface area contributed by atoms with Crippen molar-refractivity contribution in [2.24, 2.45) is 11.8 Å². The molecule has 0 N–H and O–H groups in total. The molecule has 0 saturated heterocycles. The number of fused-ring (bicyclic) bond motifs is 1. The topological polar surface area (TPSA) is 23.8 Å². The van der Waals surface area contributed by atoms with Crippen molar-refractivity contribution in [1.82, 2.24) is 0 Å². The monoisotopic (exact) mass is 267 g/mol. The predicted molar refractivity (Wildman–Crippen MR) is 66.4 cm³/mol. The third-order valence-electron chi connectivity index (χ3n) is 4.28. The first kappa shape index (κ1) is 13.9. The highest BCUT2D eigenvalue weighted by Crippen LogP contribution is 2.49. The molecule has 0 radical (unpaired) electrons. The molecule has 4 heteroatoms.